The Bertz CT molecular complexity index is 174. The molecule has 0 spiro atoms. The predicted molar refractivity (Wildman–Crippen MR) is 39.3 cm³/mol. The molecule has 1 aliphatic rings. The third-order valence-corrected chi connectivity index (χ3v) is 1.53. The molecule has 48 valence electrons. The molecule has 0 aromatic rings. The topological polar surface area (TPSA) is 0 Å². The normalized spacial score (nSPS) is 14.6. The Morgan fingerprint density at radius 3 is 3.11 bits per heavy atom. The average Bonchev–Trinajstić information content (AvgIpc) is 2.34. The van der Waals surface area contributed by atoms with Gasteiger partial charge in [-0.15, -0.1) is 0 Å². The second-order valence-corrected chi connectivity index (χ2v) is 2.38. The molecule has 0 bridgehead atoms. The van der Waals surface area contributed by atoms with Gasteiger partial charge in [-0.2, -0.15) is 0 Å². The molecule has 1 rings (SSSR count). The second kappa shape index (κ2) is 3.35. The van der Waals surface area contributed by atoms with Gasteiger partial charge in [-0.1, -0.05) is 24.8 Å². The molecule has 0 saturated carbocycles. The molecule has 0 heterocycles. The van der Waals surface area contributed by atoms with E-state index in [0.717, 1.165) is 6.42 Å². The largest absolute Gasteiger partial charge is 0.0743 e. The van der Waals surface area contributed by atoms with E-state index in [2.05, 4.69) is 18.4 Å². The molecule has 0 amide bonds. The van der Waals surface area contributed by atoms with Crippen LogP contribution in [-0.2, 0) is 0 Å². The zero-order valence-electron chi connectivity index (χ0n) is 5.91. The van der Waals surface area contributed by atoms with Gasteiger partial charge in [-0.25, -0.2) is 0 Å². The summed E-state index contributed by atoms with van der Waals surface area (Å²) in [6.45, 7) is 2.21. The highest BCUT2D eigenvalue weighted by atomic mass is 14.0. The van der Waals surface area contributed by atoms with E-state index < -0.39 is 0 Å². The molecule has 0 nitrogen and oxygen atoms in total. The summed E-state index contributed by atoms with van der Waals surface area (Å²) < 4.78 is 0. The van der Waals surface area contributed by atoms with Crippen molar-refractivity contribution in [1.82, 2.24) is 0 Å². The Morgan fingerprint density at radius 2 is 2.56 bits per heavy atom. The van der Waals surface area contributed by atoms with E-state index in [9.17, 15) is 0 Å². The van der Waals surface area contributed by atoms with Crippen molar-refractivity contribution >= 4 is 0 Å². The molecular formula is C9H12. The van der Waals surface area contributed by atoms with Crippen LogP contribution < -0.4 is 0 Å². The molecule has 9 heavy (non-hydrogen) atoms. The molecule has 0 atom stereocenters. The lowest BCUT2D eigenvalue weighted by molar-refractivity contribution is 0.779. The fraction of sp³-hybridized carbons (Fsp3) is 0.556. The summed E-state index contributed by atoms with van der Waals surface area (Å²) >= 11 is 0. The molecule has 0 radical (unpaired) electrons. The highest BCUT2D eigenvalue weighted by Gasteiger charge is 1.94. The van der Waals surface area contributed by atoms with E-state index >= 15 is 0 Å². The SMILES string of the molecule is CCCCC1=C=C=CC1. The van der Waals surface area contributed by atoms with Crippen LogP contribution in [0.4, 0.5) is 0 Å². The van der Waals surface area contributed by atoms with Crippen molar-refractivity contribution in [3.8, 4) is 0 Å². The molecule has 1 aliphatic carbocycles. The first-order valence-corrected chi connectivity index (χ1v) is 3.61. The predicted octanol–water partition coefficient (Wildman–Crippen LogP) is 2.82. The van der Waals surface area contributed by atoms with Gasteiger partial charge < -0.3 is 0 Å². The van der Waals surface area contributed by atoms with Crippen LogP contribution in [-0.4, -0.2) is 0 Å². The fourth-order valence-corrected chi connectivity index (χ4v) is 0.933. The fourth-order valence-electron chi connectivity index (χ4n) is 0.933. The lowest BCUT2D eigenvalue weighted by atomic mass is 10.1. The maximum Gasteiger partial charge on any atom is 0.00265 e. The monoisotopic (exact) mass is 120 g/mol. The number of unbranched alkanes of at least 4 members (excludes halogenated alkanes) is 1. The maximum atomic E-state index is 3.10. The molecule has 0 unspecified atom stereocenters. The van der Waals surface area contributed by atoms with Crippen molar-refractivity contribution in [2.24, 2.45) is 0 Å². The van der Waals surface area contributed by atoms with Gasteiger partial charge in [0.15, 0.2) is 0 Å². The highest BCUT2D eigenvalue weighted by molar-refractivity contribution is 5.12. The Labute approximate surface area is 56.6 Å². The van der Waals surface area contributed by atoms with Crippen molar-refractivity contribution in [2.75, 3.05) is 0 Å². The molecule has 0 heteroatoms. The lowest BCUT2D eigenvalue weighted by Gasteiger charge is -1.94. The van der Waals surface area contributed by atoms with Gasteiger partial charge in [0.2, 0.25) is 0 Å². The Hall–Kier alpha value is -0.700. The van der Waals surface area contributed by atoms with E-state index in [1.807, 2.05) is 6.08 Å². The number of hydrogen-bond acceptors (Lipinski definition) is 0. The van der Waals surface area contributed by atoms with Crippen molar-refractivity contribution in [2.45, 2.75) is 32.6 Å². The van der Waals surface area contributed by atoms with Crippen LogP contribution in [0.5, 0.6) is 0 Å². The van der Waals surface area contributed by atoms with Gasteiger partial charge in [0, 0.05) is 6.42 Å². The van der Waals surface area contributed by atoms with Crippen LogP contribution in [0.2, 0.25) is 0 Å². The average molecular weight is 120 g/mol. The minimum atomic E-state index is 1.10. The van der Waals surface area contributed by atoms with Crippen molar-refractivity contribution in [3.63, 3.8) is 0 Å². The number of allylic oxidation sites excluding steroid dienone is 2. The smallest absolute Gasteiger partial charge is 0.00265 e. The summed E-state index contributed by atoms with van der Waals surface area (Å²) in [4.78, 5) is 0. The van der Waals surface area contributed by atoms with E-state index in [1.165, 1.54) is 24.8 Å². The van der Waals surface area contributed by atoms with Crippen LogP contribution in [0.15, 0.2) is 23.1 Å². The molecule has 0 aromatic heterocycles. The first kappa shape index (κ1) is 6.42. The quantitative estimate of drug-likeness (QED) is 0.502. The summed E-state index contributed by atoms with van der Waals surface area (Å²) in [6, 6.07) is 0. The molecule has 0 saturated heterocycles. The van der Waals surface area contributed by atoms with Gasteiger partial charge in [0.1, 0.15) is 0 Å². The van der Waals surface area contributed by atoms with E-state index in [1.54, 1.807) is 0 Å². The molecule has 0 aromatic carbocycles. The van der Waals surface area contributed by atoms with Gasteiger partial charge in [-0.05, 0) is 24.5 Å². The van der Waals surface area contributed by atoms with E-state index in [0.29, 0.717) is 0 Å². The first-order valence-electron chi connectivity index (χ1n) is 3.61. The minimum Gasteiger partial charge on any atom is -0.0743 e. The number of rotatable bonds is 3. The molecule has 0 N–H and O–H groups in total. The summed E-state index contributed by atoms with van der Waals surface area (Å²) in [5, 5.41) is 0. The van der Waals surface area contributed by atoms with E-state index in [-0.39, 0.29) is 0 Å². The van der Waals surface area contributed by atoms with Gasteiger partial charge in [0.05, 0.1) is 0 Å². The third kappa shape index (κ3) is 1.93. The standard InChI is InChI=1S/C9H12/c1-2-3-6-9-7-4-5-8-9/h4H,2-3,6-7H2,1H3. The van der Waals surface area contributed by atoms with Crippen molar-refractivity contribution in [1.29, 1.82) is 0 Å². The molecule has 0 aliphatic heterocycles. The second-order valence-electron chi connectivity index (χ2n) is 2.38. The maximum absolute atomic E-state index is 3.10. The summed E-state index contributed by atoms with van der Waals surface area (Å²) in [5.41, 5.74) is 7.50. The van der Waals surface area contributed by atoms with Crippen molar-refractivity contribution in [3.05, 3.63) is 23.1 Å². The lowest BCUT2D eigenvalue weighted by Crippen LogP contribution is -1.76. The van der Waals surface area contributed by atoms with Gasteiger partial charge in [-0.3, -0.25) is 0 Å². The first-order chi connectivity index (χ1) is 4.43. The Kier molecular flexibility index (Phi) is 2.39. The summed E-state index contributed by atoms with van der Waals surface area (Å²) in [5.74, 6) is 0. The minimum absolute atomic E-state index is 1.10. The Morgan fingerprint density at radius 1 is 1.67 bits per heavy atom. The summed E-state index contributed by atoms with van der Waals surface area (Å²) in [7, 11) is 0. The summed E-state index contributed by atoms with van der Waals surface area (Å²) in [6.07, 6.45) is 6.95. The molecule has 0 fully saturated rings. The zero-order valence-corrected chi connectivity index (χ0v) is 5.91. The number of hydrogen-bond donors (Lipinski definition) is 0. The van der Waals surface area contributed by atoms with Crippen LogP contribution in [0.25, 0.3) is 0 Å². The van der Waals surface area contributed by atoms with Gasteiger partial charge >= 0.3 is 0 Å². The highest BCUT2D eigenvalue weighted by Crippen LogP contribution is 2.12. The zero-order chi connectivity index (χ0) is 6.53. The van der Waals surface area contributed by atoms with Crippen LogP contribution in [0.3, 0.4) is 0 Å². The third-order valence-electron chi connectivity index (χ3n) is 1.53. The molecular weight excluding hydrogens is 108 g/mol. The van der Waals surface area contributed by atoms with Crippen LogP contribution in [0, 0.1) is 0 Å². The van der Waals surface area contributed by atoms with E-state index in [4.69, 9.17) is 0 Å². The van der Waals surface area contributed by atoms with Crippen molar-refractivity contribution < 1.29 is 0 Å². The van der Waals surface area contributed by atoms with Crippen LogP contribution in [0.1, 0.15) is 32.6 Å². The Balaban J connectivity index is 2.30. The van der Waals surface area contributed by atoms with Crippen LogP contribution >= 0.6 is 0 Å². The van der Waals surface area contributed by atoms with Gasteiger partial charge in [0.25, 0.3) is 0 Å².